The van der Waals surface area contributed by atoms with Crippen molar-refractivity contribution in [1.29, 1.82) is 0 Å². The molecule has 3 rings (SSSR count). The fraction of sp³-hybridized carbons (Fsp3) is 0.250. The summed E-state index contributed by atoms with van der Waals surface area (Å²) >= 11 is 5.72. The third-order valence-corrected chi connectivity index (χ3v) is 4.27. The van der Waals surface area contributed by atoms with E-state index in [9.17, 15) is 14.5 Å². The van der Waals surface area contributed by atoms with E-state index in [0.717, 1.165) is 24.8 Å². The van der Waals surface area contributed by atoms with Crippen molar-refractivity contribution in [1.82, 2.24) is 0 Å². The van der Waals surface area contributed by atoms with Gasteiger partial charge in [-0.1, -0.05) is 17.7 Å². The number of nitro benzene ring substituents is 1. The SMILES string of the molecule is O=[N+]([O-])c1ccc(OC2(c3ccc(Cl)c(F)c3)CCC2)cc1. The molecule has 2 aromatic rings. The molecule has 0 spiro atoms. The van der Waals surface area contributed by atoms with Gasteiger partial charge in [-0.25, -0.2) is 4.39 Å². The van der Waals surface area contributed by atoms with Crippen molar-refractivity contribution >= 4 is 17.3 Å². The number of benzene rings is 2. The van der Waals surface area contributed by atoms with E-state index in [1.54, 1.807) is 18.2 Å². The van der Waals surface area contributed by atoms with Crippen LogP contribution in [0.1, 0.15) is 24.8 Å². The van der Waals surface area contributed by atoms with Crippen LogP contribution in [-0.2, 0) is 5.60 Å². The maximum Gasteiger partial charge on any atom is 0.269 e. The fourth-order valence-electron chi connectivity index (χ4n) is 2.59. The Kier molecular flexibility index (Phi) is 3.74. The summed E-state index contributed by atoms with van der Waals surface area (Å²) in [5.41, 5.74) is 0.160. The van der Waals surface area contributed by atoms with Crippen molar-refractivity contribution in [2.24, 2.45) is 0 Å². The zero-order valence-electron chi connectivity index (χ0n) is 11.6. The standard InChI is InChI=1S/C16H13ClFNO3/c17-14-7-2-11(10-15(14)18)16(8-1-9-16)22-13-5-3-12(4-6-13)19(20)21/h2-7,10H,1,8-9H2. The summed E-state index contributed by atoms with van der Waals surface area (Å²) in [7, 11) is 0. The Labute approximate surface area is 131 Å². The Morgan fingerprint density at radius 3 is 2.36 bits per heavy atom. The summed E-state index contributed by atoms with van der Waals surface area (Å²) in [5.74, 6) is 0.0541. The first-order valence-electron chi connectivity index (χ1n) is 6.89. The van der Waals surface area contributed by atoms with Crippen molar-refractivity contribution in [2.45, 2.75) is 24.9 Å². The van der Waals surface area contributed by atoms with Crippen LogP contribution in [-0.4, -0.2) is 4.92 Å². The van der Waals surface area contributed by atoms with Crippen LogP contribution in [0.15, 0.2) is 42.5 Å². The zero-order valence-corrected chi connectivity index (χ0v) is 12.3. The molecule has 0 radical (unpaired) electrons. The lowest BCUT2D eigenvalue weighted by Gasteiger charge is -2.42. The van der Waals surface area contributed by atoms with E-state index in [1.807, 2.05) is 0 Å². The van der Waals surface area contributed by atoms with Gasteiger partial charge < -0.3 is 4.74 Å². The minimum atomic E-state index is -0.582. The molecule has 2 aromatic carbocycles. The van der Waals surface area contributed by atoms with Gasteiger partial charge in [0.05, 0.1) is 9.95 Å². The van der Waals surface area contributed by atoms with Gasteiger partial charge in [0.2, 0.25) is 0 Å². The average Bonchev–Trinajstić information content (AvgIpc) is 2.46. The van der Waals surface area contributed by atoms with E-state index >= 15 is 0 Å². The van der Waals surface area contributed by atoms with Gasteiger partial charge in [-0.05, 0) is 49.1 Å². The van der Waals surface area contributed by atoms with Crippen LogP contribution in [0, 0.1) is 15.9 Å². The van der Waals surface area contributed by atoms with Gasteiger partial charge in [0.15, 0.2) is 0 Å². The number of non-ortho nitro benzene ring substituents is 1. The first kappa shape index (κ1) is 14.8. The Bertz CT molecular complexity index is 714. The second kappa shape index (κ2) is 5.57. The van der Waals surface area contributed by atoms with Gasteiger partial charge in [-0.2, -0.15) is 0 Å². The predicted molar refractivity (Wildman–Crippen MR) is 80.7 cm³/mol. The number of nitrogens with zero attached hydrogens (tertiary/aromatic N) is 1. The number of halogens is 2. The van der Waals surface area contributed by atoms with Crippen LogP contribution in [0.3, 0.4) is 0 Å². The lowest BCUT2D eigenvalue weighted by molar-refractivity contribution is -0.384. The molecule has 0 saturated heterocycles. The Morgan fingerprint density at radius 1 is 1.18 bits per heavy atom. The highest BCUT2D eigenvalue weighted by atomic mass is 35.5. The van der Waals surface area contributed by atoms with Gasteiger partial charge in [0, 0.05) is 12.1 Å². The smallest absolute Gasteiger partial charge is 0.269 e. The molecule has 0 heterocycles. The highest BCUT2D eigenvalue weighted by Crippen LogP contribution is 2.45. The monoisotopic (exact) mass is 321 g/mol. The minimum Gasteiger partial charge on any atom is -0.483 e. The van der Waals surface area contributed by atoms with Gasteiger partial charge in [-0.15, -0.1) is 0 Å². The normalized spacial score (nSPS) is 15.9. The third kappa shape index (κ3) is 2.64. The second-order valence-electron chi connectivity index (χ2n) is 5.33. The molecule has 114 valence electrons. The number of ether oxygens (including phenoxy) is 1. The van der Waals surface area contributed by atoms with Crippen LogP contribution < -0.4 is 4.74 Å². The van der Waals surface area contributed by atoms with Crippen LogP contribution >= 0.6 is 11.6 Å². The van der Waals surface area contributed by atoms with Gasteiger partial charge >= 0.3 is 0 Å². The van der Waals surface area contributed by atoms with Crippen LogP contribution in [0.5, 0.6) is 5.75 Å². The first-order valence-corrected chi connectivity index (χ1v) is 7.27. The van der Waals surface area contributed by atoms with E-state index in [0.29, 0.717) is 5.75 Å². The van der Waals surface area contributed by atoms with E-state index in [1.165, 1.54) is 24.3 Å². The highest BCUT2D eigenvalue weighted by molar-refractivity contribution is 6.30. The maximum absolute atomic E-state index is 13.7. The van der Waals surface area contributed by atoms with E-state index in [4.69, 9.17) is 16.3 Å². The molecule has 22 heavy (non-hydrogen) atoms. The minimum absolute atomic E-state index is 0.00699. The predicted octanol–water partition coefficient (Wildman–Crippen LogP) is 4.85. The molecular weight excluding hydrogens is 309 g/mol. The molecule has 0 N–H and O–H groups in total. The van der Waals surface area contributed by atoms with E-state index in [-0.39, 0.29) is 10.7 Å². The number of nitro groups is 1. The lowest BCUT2D eigenvalue weighted by atomic mass is 9.74. The topological polar surface area (TPSA) is 52.4 Å². The third-order valence-electron chi connectivity index (χ3n) is 3.97. The summed E-state index contributed by atoms with van der Waals surface area (Å²) in [6.45, 7) is 0. The Morgan fingerprint density at radius 2 is 1.86 bits per heavy atom. The fourth-order valence-corrected chi connectivity index (χ4v) is 2.71. The lowest BCUT2D eigenvalue weighted by Crippen LogP contribution is -2.40. The average molecular weight is 322 g/mol. The number of rotatable bonds is 4. The molecule has 0 amide bonds. The molecule has 1 aliphatic rings. The number of hydrogen-bond donors (Lipinski definition) is 0. The van der Waals surface area contributed by atoms with Gasteiger partial charge in [-0.3, -0.25) is 10.1 Å². The first-order chi connectivity index (χ1) is 10.5. The van der Waals surface area contributed by atoms with Crippen molar-refractivity contribution in [2.75, 3.05) is 0 Å². The molecule has 1 fully saturated rings. The number of hydrogen-bond acceptors (Lipinski definition) is 3. The summed E-state index contributed by atoms with van der Waals surface area (Å²) in [4.78, 5) is 10.2. The summed E-state index contributed by atoms with van der Waals surface area (Å²) in [6.07, 6.45) is 2.52. The van der Waals surface area contributed by atoms with Gasteiger partial charge in [0.1, 0.15) is 17.2 Å². The van der Waals surface area contributed by atoms with Crippen molar-refractivity contribution in [3.05, 3.63) is 69.0 Å². The zero-order chi connectivity index (χ0) is 15.7. The summed E-state index contributed by atoms with van der Waals surface area (Å²) in [5, 5.41) is 10.7. The molecule has 0 aliphatic heterocycles. The highest BCUT2D eigenvalue weighted by Gasteiger charge is 2.41. The van der Waals surface area contributed by atoms with Crippen LogP contribution in [0.2, 0.25) is 5.02 Å². The van der Waals surface area contributed by atoms with Crippen LogP contribution in [0.4, 0.5) is 10.1 Å². The summed E-state index contributed by atoms with van der Waals surface area (Å²) < 4.78 is 19.7. The molecule has 4 nitrogen and oxygen atoms in total. The molecule has 0 bridgehead atoms. The molecule has 1 saturated carbocycles. The van der Waals surface area contributed by atoms with E-state index in [2.05, 4.69) is 0 Å². The molecule has 0 aromatic heterocycles. The van der Waals surface area contributed by atoms with Gasteiger partial charge in [0.25, 0.3) is 5.69 Å². The van der Waals surface area contributed by atoms with E-state index < -0.39 is 16.3 Å². The molecule has 1 aliphatic carbocycles. The quantitative estimate of drug-likeness (QED) is 0.597. The molecular formula is C16H13ClFNO3. The summed E-state index contributed by atoms with van der Waals surface area (Å²) in [6, 6.07) is 10.6. The molecule has 6 heteroatoms. The van der Waals surface area contributed by atoms with Crippen molar-refractivity contribution < 1.29 is 14.1 Å². The second-order valence-corrected chi connectivity index (χ2v) is 5.74. The van der Waals surface area contributed by atoms with Crippen molar-refractivity contribution in [3.63, 3.8) is 0 Å². The maximum atomic E-state index is 13.7. The largest absolute Gasteiger partial charge is 0.483 e. The van der Waals surface area contributed by atoms with Crippen LogP contribution in [0.25, 0.3) is 0 Å². The Balaban J connectivity index is 1.87. The van der Waals surface area contributed by atoms with Crippen molar-refractivity contribution in [3.8, 4) is 5.75 Å². The molecule has 0 atom stereocenters. The Hall–Kier alpha value is -2.14. The molecule has 0 unspecified atom stereocenters.